The molecule has 0 aromatic heterocycles. The molecule has 0 saturated carbocycles. The highest BCUT2D eigenvalue weighted by Crippen LogP contribution is 2.33. The summed E-state index contributed by atoms with van der Waals surface area (Å²) in [6.07, 6.45) is 6.18. The van der Waals surface area contributed by atoms with Gasteiger partial charge in [-0.1, -0.05) is 34.7 Å². The Labute approximate surface area is 193 Å². The highest BCUT2D eigenvalue weighted by molar-refractivity contribution is 14.1. The molecule has 0 N–H and O–H groups in total. The highest BCUT2D eigenvalue weighted by Gasteiger charge is 2.42. The van der Waals surface area contributed by atoms with E-state index in [9.17, 15) is 0 Å². The molecule has 0 spiro atoms. The Morgan fingerprint density at radius 1 is 0.800 bits per heavy atom. The van der Waals surface area contributed by atoms with Crippen molar-refractivity contribution < 1.29 is 33.2 Å². The van der Waals surface area contributed by atoms with E-state index in [0.717, 1.165) is 6.42 Å². The molecule has 8 heteroatoms. The van der Waals surface area contributed by atoms with Gasteiger partial charge in [-0.25, -0.2) is 0 Å². The van der Waals surface area contributed by atoms with Gasteiger partial charge in [-0.3, -0.25) is 0 Å². The molecule has 0 aromatic rings. The highest BCUT2D eigenvalue weighted by atomic mass is 127. The summed E-state index contributed by atoms with van der Waals surface area (Å²) < 4.78 is 43.3. The van der Waals surface area contributed by atoms with Crippen LogP contribution in [0.1, 0.15) is 48.0 Å². The first-order valence-electron chi connectivity index (χ1n) is 10.5. The molecule has 3 fully saturated rings. The molecule has 7 nitrogen and oxygen atoms in total. The van der Waals surface area contributed by atoms with Crippen LogP contribution in [0.25, 0.3) is 0 Å². The number of halogens is 1. The molecular formula is C22H35IO7. The Bertz CT molecular complexity index is 631. The van der Waals surface area contributed by atoms with Crippen LogP contribution in [0.4, 0.5) is 0 Å². The summed E-state index contributed by atoms with van der Waals surface area (Å²) in [6, 6.07) is 0. The van der Waals surface area contributed by atoms with Crippen LogP contribution in [-0.4, -0.2) is 67.7 Å². The standard InChI is InChI=1S/C22H35IO7/c1-20(2)25-14-15(26-20)13-24-12-10-19-17(28-22(5,6)30-19)8-7-16-18(9-11-23)29-21(3,4)27-16/h7-9,11,15-19H,10,12-14H2,1-6H3/b8-7+,11-9+. The zero-order valence-corrected chi connectivity index (χ0v) is 20.9. The Morgan fingerprint density at radius 2 is 1.40 bits per heavy atom. The molecule has 0 bridgehead atoms. The lowest BCUT2D eigenvalue weighted by atomic mass is 10.1. The molecule has 3 heterocycles. The minimum absolute atomic E-state index is 0.0290. The zero-order chi connectivity index (χ0) is 22.0. The predicted octanol–water partition coefficient (Wildman–Crippen LogP) is 4.09. The molecule has 0 aromatic carbocycles. The molecule has 3 aliphatic rings. The van der Waals surface area contributed by atoms with Gasteiger partial charge in [0.25, 0.3) is 0 Å². The molecule has 3 rings (SSSR count). The maximum absolute atomic E-state index is 6.10. The van der Waals surface area contributed by atoms with Gasteiger partial charge in [-0.15, -0.1) is 0 Å². The maximum Gasteiger partial charge on any atom is 0.164 e. The van der Waals surface area contributed by atoms with Crippen molar-refractivity contribution >= 4 is 22.6 Å². The number of hydrogen-bond donors (Lipinski definition) is 0. The molecule has 3 saturated heterocycles. The third kappa shape index (κ3) is 6.96. The van der Waals surface area contributed by atoms with Crippen molar-refractivity contribution in [2.24, 2.45) is 0 Å². The number of rotatable bonds is 8. The summed E-state index contributed by atoms with van der Waals surface area (Å²) in [5.74, 6) is -1.78. The van der Waals surface area contributed by atoms with Crippen molar-refractivity contribution in [2.45, 2.75) is 95.8 Å². The molecule has 5 unspecified atom stereocenters. The first-order chi connectivity index (χ1) is 14.0. The normalized spacial score (nSPS) is 37.6. The van der Waals surface area contributed by atoms with Crippen LogP contribution in [0, 0.1) is 0 Å². The quantitative estimate of drug-likeness (QED) is 0.262. The molecular weight excluding hydrogens is 503 g/mol. The SMILES string of the molecule is CC1(C)OCC(COCCC2OC(C)(C)OC2/C=C/C2OC(C)(C)OC2/C=C/I)O1. The van der Waals surface area contributed by atoms with E-state index in [1.807, 2.05) is 63.9 Å². The fourth-order valence-electron chi connectivity index (χ4n) is 3.91. The lowest BCUT2D eigenvalue weighted by Crippen LogP contribution is -2.26. The van der Waals surface area contributed by atoms with E-state index in [2.05, 4.69) is 22.6 Å². The summed E-state index contributed by atoms with van der Waals surface area (Å²) in [6.45, 7) is 13.2. The van der Waals surface area contributed by atoms with Crippen LogP contribution >= 0.6 is 22.6 Å². The van der Waals surface area contributed by atoms with Gasteiger partial charge < -0.3 is 33.2 Å². The minimum atomic E-state index is -0.639. The molecule has 30 heavy (non-hydrogen) atoms. The zero-order valence-electron chi connectivity index (χ0n) is 18.8. The minimum Gasteiger partial charge on any atom is -0.379 e. The van der Waals surface area contributed by atoms with Crippen molar-refractivity contribution in [1.82, 2.24) is 0 Å². The monoisotopic (exact) mass is 538 g/mol. The van der Waals surface area contributed by atoms with Crippen LogP contribution in [-0.2, 0) is 33.2 Å². The summed E-state index contributed by atoms with van der Waals surface area (Å²) in [5.41, 5.74) is 0. The van der Waals surface area contributed by atoms with Gasteiger partial charge in [0.1, 0.15) is 24.4 Å². The van der Waals surface area contributed by atoms with Crippen molar-refractivity contribution in [2.75, 3.05) is 19.8 Å². The second-order valence-electron chi connectivity index (χ2n) is 9.22. The molecule has 5 atom stereocenters. The van der Waals surface area contributed by atoms with Gasteiger partial charge in [-0.05, 0) is 58.1 Å². The van der Waals surface area contributed by atoms with E-state index in [0.29, 0.717) is 19.8 Å². The summed E-state index contributed by atoms with van der Waals surface area (Å²) in [7, 11) is 0. The average Bonchev–Trinajstić information content (AvgIpc) is 3.22. The summed E-state index contributed by atoms with van der Waals surface area (Å²) in [5, 5.41) is 0. The summed E-state index contributed by atoms with van der Waals surface area (Å²) >= 11 is 2.19. The van der Waals surface area contributed by atoms with E-state index in [-0.39, 0.29) is 30.5 Å². The molecule has 3 aliphatic heterocycles. The van der Waals surface area contributed by atoms with Gasteiger partial charge in [0.2, 0.25) is 0 Å². The van der Waals surface area contributed by atoms with E-state index >= 15 is 0 Å². The fraction of sp³-hybridized carbons (Fsp3) is 0.818. The fourth-order valence-corrected chi connectivity index (χ4v) is 4.32. The van der Waals surface area contributed by atoms with Crippen LogP contribution in [0.2, 0.25) is 0 Å². The van der Waals surface area contributed by atoms with E-state index < -0.39 is 17.4 Å². The largest absolute Gasteiger partial charge is 0.379 e. The van der Waals surface area contributed by atoms with Gasteiger partial charge in [-0.2, -0.15) is 0 Å². The first kappa shape index (κ1) is 24.6. The van der Waals surface area contributed by atoms with Crippen molar-refractivity contribution in [3.05, 3.63) is 22.3 Å². The Hall–Kier alpha value is -0.0700. The van der Waals surface area contributed by atoms with Crippen LogP contribution in [0.5, 0.6) is 0 Å². The second kappa shape index (κ2) is 9.82. The van der Waals surface area contributed by atoms with Gasteiger partial charge in [0.05, 0.1) is 19.3 Å². The third-order valence-electron chi connectivity index (χ3n) is 5.06. The maximum atomic E-state index is 6.10. The topological polar surface area (TPSA) is 64.6 Å². The van der Waals surface area contributed by atoms with Gasteiger partial charge in [0.15, 0.2) is 17.4 Å². The Kier molecular flexibility index (Phi) is 8.05. The van der Waals surface area contributed by atoms with Gasteiger partial charge >= 0.3 is 0 Å². The van der Waals surface area contributed by atoms with E-state index in [4.69, 9.17) is 33.2 Å². The van der Waals surface area contributed by atoms with Crippen LogP contribution in [0.15, 0.2) is 22.3 Å². The van der Waals surface area contributed by atoms with E-state index in [1.54, 1.807) is 0 Å². The van der Waals surface area contributed by atoms with Crippen molar-refractivity contribution in [3.63, 3.8) is 0 Å². The van der Waals surface area contributed by atoms with Crippen LogP contribution in [0.3, 0.4) is 0 Å². The molecule has 0 amide bonds. The lowest BCUT2D eigenvalue weighted by molar-refractivity contribution is -0.149. The number of ether oxygens (including phenoxy) is 7. The third-order valence-corrected chi connectivity index (χ3v) is 5.47. The Morgan fingerprint density at radius 3 is 2.03 bits per heavy atom. The van der Waals surface area contributed by atoms with Crippen molar-refractivity contribution in [3.8, 4) is 0 Å². The lowest BCUT2D eigenvalue weighted by Gasteiger charge is -2.18. The second-order valence-corrected chi connectivity index (χ2v) is 9.94. The number of hydrogen-bond acceptors (Lipinski definition) is 7. The Balaban J connectivity index is 1.51. The molecule has 172 valence electrons. The summed E-state index contributed by atoms with van der Waals surface area (Å²) in [4.78, 5) is 0. The van der Waals surface area contributed by atoms with Crippen LogP contribution < -0.4 is 0 Å². The van der Waals surface area contributed by atoms with E-state index in [1.165, 1.54) is 0 Å². The molecule has 0 radical (unpaired) electrons. The van der Waals surface area contributed by atoms with Gasteiger partial charge in [0, 0.05) is 6.61 Å². The predicted molar refractivity (Wildman–Crippen MR) is 120 cm³/mol. The first-order valence-corrected chi connectivity index (χ1v) is 11.8. The van der Waals surface area contributed by atoms with Crippen molar-refractivity contribution in [1.29, 1.82) is 0 Å². The smallest absolute Gasteiger partial charge is 0.164 e. The molecule has 0 aliphatic carbocycles. The average molecular weight is 538 g/mol.